The van der Waals surface area contributed by atoms with Crippen molar-refractivity contribution in [2.75, 3.05) is 6.54 Å². The van der Waals surface area contributed by atoms with Gasteiger partial charge in [0.25, 0.3) is 0 Å². The van der Waals surface area contributed by atoms with E-state index < -0.39 is 12.0 Å². The van der Waals surface area contributed by atoms with E-state index in [9.17, 15) is 9.59 Å². The lowest BCUT2D eigenvalue weighted by Crippen LogP contribution is -2.46. The molecule has 0 aromatic heterocycles. The van der Waals surface area contributed by atoms with Crippen LogP contribution in [0, 0.1) is 11.3 Å². The number of amides is 2. The second kappa shape index (κ2) is 7.14. The number of hydrogen-bond donors (Lipinski definition) is 2. The summed E-state index contributed by atoms with van der Waals surface area (Å²) in [6, 6.07) is 8.21. The molecule has 0 heterocycles. The molecule has 0 aliphatic carbocycles. The van der Waals surface area contributed by atoms with Crippen LogP contribution in [-0.2, 0) is 11.3 Å². The first-order valence-corrected chi connectivity index (χ1v) is 6.19. The summed E-state index contributed by atoms with van der Waals surface area (Å²) in [6.07, 6.45) is 0. The molecule has 2 N–H and O–H groups in total. The van der Waals surface area contributed by atoms with Gasteiger partial charge in [-0.2, -0.15) is 5.26 Å². The number of urea groups is 1. The minimum absolute atomic E-state index is 0.202. The predicted octanol–water partition coefficient (Wildman–Crippen LogP) is 1.56. The number of carboxylic acid groups (broad SMARTS) is 1. The zero-order chi connectivity index (χ0) is 15.1. The molecule has 0 radical (unpaired) electrons. The average Bonchev–Trinajstić information content (AvgIpc) is 2.42. The smallest absolute Gasteiger partial charge is 0.323 e. The fourth-order valence-electron chi connectivity index (χ4n) is 1.61. The first kappa shape index (κ1) is 15.5. The van der Waals surface area contributed by atoms with Crippen LogP contribution in [0.25, 0.3) is 0 Å². The Balaban J connectivity index is 2.60. The van der Waals surface area contributed by atoms with Crippen molar-refractivity contribution in [2.45, 2.75) is 26.4 Å². The van der Waals surface area contributed by atoms with E-state index in [1.54, 1.807) is 38.1 Å². The van der Waals surface area contributed by atoms with Crippen molar-refractivity contribution in [1.82, 2.24) is 10.2 Å². The van der Waals surface area contributed by atoms with E-state index in [1.807, 2.05) is 6.07 Å². The molecule has 0 spiro atoms. The molecule has 1 rings (SSSR count). The second-order valence-corrected chi connectivity index (χ2v) is 4.58. The van der Waals surface area contributed by atoms with Crippen LogP contribution in [-0.4, -0.2) is 34.6 Å². The molecule has 20 heavy (non-hydrogen) atoms. The van der Waals surface area contributed by atoms with E-state index in [4.69, 9.17) is 10.4 Å². The van der Waals surface area contributed by atoms with E-state index in [1.165, 1.54) is 4.90 Å². The van der Waals surface area contributed by atoms with E-state index in [0.717, 1.165) is 5.56 Å². The number of carbonyl (C=O) groups excluding carboxylic acids is 1. The van der Waals surface area contributed by atoms with Crippen LogP contribution in [0.5, 0.6) is 0 Å². The van der Waals surface area contributed by atoms with Gasteiger partial charge in [0.2, 0.25) is 0 Å². The lowest BCUT2D eigenvalue weighted by atomic mass is 10.1. The number of hydrogen-bond acceptors (Lipinski definition) is 3. The molecular weight excluding hydrogens is 258 g/mol. The van der Waals surface area contributed by atoms with Crippen molar-refractivity contribution in [3.05, 3.63) is 35.4 Å². The van der Waals surface area contributed by atoms with Gasteiger partial charge in [0, 0.05) is 12.6 Å². The van der Waals surface area contributed by atoms with Crippen molar-refractivity contribution in [2.24, 2.45) is 0 Å². The maximum atomic E-state index is 11.9. The van der Waals surface area contributed by atoms with Gasteiger partial charge >= 0.3 is 12.0 Å². The highest BCUT2D eigenvalue weighted by molar-refractivity contribution is 5.80. The second-order valence-electron chi connectivity index (χ2n) is 4.58. The van der Waals surface area contributed by atoms with Crippen LogP contribution in [0.4, 0.5) is 4.79 Å². The fraction of sp³-hybridized carbons (Fsp3) is 0.357. The molecule has 0 saturated heterocycles. The predicted molar refractivity (Wildman–Crippen MR) is 72.9 cm³/mol. The highest BCUT2D eigenvalue weighted by atomic mass is 16.4. The third-order valence-corrected chi connectivity index (χ3v) is 2.72. The molecule has 2 amide bonds. The Kier molecular flexibility index (Phi) is 5.54. The third-order valence-electron chi connectivity index (χ3n) is 2.72. The van der Waals surface area contributed by atoms with Gasteiger partial charge in [0.05, 0.1) is 11.6 Å². The lowest BCUT2D eigenvalue weighted by molar-refractivity contribution is -0.138. The summed E-state index contributed by atoms with van der Waals surface area (Å²) in [5.74, 6) is -1.05. The number of nitrogens with one attached hydrogen (secondary N) is 1. The summed E-state index contributed by atoms with van der Waals surface area (Å²) in [5, 5.41) is 20.1. The molecule has 1 aromatic carbocycles. The van der Waals surface area contributed by atoms with Gasteiger partial charge < -0.3 is 15.3 Å². The molecular formula is C14H17N3O3. The zero-order valence-corrected chi connectivity index (χ0v) is 11.5. The van der Waals surface area contributed by atoms with Crippen molar-refractivity contribution in [1.29, 1.82) is 5.26 Å². The zero-order valence-electron chi connectivity index (χ0n) is 11.5. The lowest BCUT2D eigenvalue weighted by Gasteiger charge is -2.25. The minimum Gasteiger partial charge on any atom is -0.480 e. The molecule has 0 atom stereocenters. The van der Waals surface area contributed by atoms with Gasteiger partial charge in [-0.25, -0.2) is 4.79 Å². The summed E-state index contributed by atoms with van der Waals surface area (Å²) < 4.78 is 0. The van der Waals surface area contributed by atoms with Crippen LogP contribution in [0.15, 0.2) is 24.3 Å². The monoisotopic (exact) mass is 275 g/mol. The Hall–Kier alpha value is -2.55. The minimum atomic E-state index is -1.05. The maximum Gasteiger partial charge on any atom is 0.323 e. The van der Waals surface area contributed by atoms with Crippen LogP contribution in [0.3, 0.4) is 0 Å². The van der Waals surface area contributed by atoms with E-state index >= 15 is 0 Å². The highest BCUT2D eigenvalue weighted by Crippen LogP contribution is 2.04. The SMILES string of the molecule is CC(C)N(CC(=O)O)C(=O)NCc1ccc(C#N)cc1. The molecule has 0 unspecified atom stereocenters. The van der Waals surface area contributed by atoms with Crippen LogP contribution in [0.2, 0.25) is 0 Å². The molecule has 6 heteroatoms. The Morgan fingerprint density at radius 3 is 2.40 bits per heavy atom. The quantitative estimate of drug-likeness (QED) is 0.852. The number of carbonyl (C=O) groups is 2. The Labute approximate surface area is 117 Å². The molecule has 0 aliphatic rings. The Morgan fingerprint density at radius 1 is 1.35 bits per heavy atom. The van der Waals surface area contributed by atoms with Crippen LogP contribution in [0.1, 0.15) is 25.0 Å². The van der Waals surface area contributed by atoms with E-state index in [-0.39, 0.29) is 19.1 Å². The first-order valence-electron chi connectivity index (χ1n) is 6.19. The maximum absolute atomic E-state index is 11.9. The van der Waals surface area contributed by atoms with Crippen molar-refractivity contribution >= 4 is 12.0 Å². The first-order chi connectivity index (χ1) is 9.43. The largest absolute Gasteiger partial charge is 0.480 e. The molecule has 0 aliphatic heterocycles. The third kappa shape index (κ3) is 4.61. The normalized spacial score (nSPS) is 9.90. The number of carboxylic acids is 1. The van der Waals surface area contributed by atoms with Crippen molar-refractivity contribution in [3.8, 4) is 6.07 Å². The van der Waals surface area contributed by atoms with Gasteiger partial charge in [-0.15, -0.1) is 0 Å². The fourth-order valence-corrected chi connectivity index (χ4v) is 1.61. The summed E-state index contributed by atoms with van der Waals surface area (Å²) in [7, 11) is 0. The van der Waals surface area contributed by atoms with Gasteiger partial charge in [-0.1, -0.05) is 12.1 Å². The average molecular weight is 275 g/mol. The standard InChI is InChI=1S/C14H17N3O3/c1-10(2)17(9-13(18)19)14(20)16-8-12-5-3-11(7-15)4-6-12/h3-6,10H,8-9H2,1-2H3,(H,16,20)(H,18,19). The van der Waals surface area contributed by atoms with Gasteiger partial charge in [-0.3, -0.25) is 4.79 Å². The number of nitrogens with zero attached hydrogens (tertiary/aromatic N) is 2. The Morgan fingerprint density at radius 2 is 1.95 bits per heavy atom. The molecule has 1 aromatic rings. The van der Waals surface area contributed by atoms with Gasteiger partial charge in [-0.05, 0) is 31.5 Å². The van der Waals surface area contributed by atoms with Crippen LogP contribution < -0.4 is 5.32 Å². The Bertz CT molecular complexity index is 517. The van der Waals surface area contributed by atoms with Crippen molar-refractivity contribution < 1.29 is 14.7 Å². The molecule has 106 valence electrons. The number of rotatable bonds is 5. The van der Waals surface area contributed by atoms with Gasteiger partial charge in [0.15, 0.2) is 0 Å². The summed E-state index contributed by atoms with van der Waals surface area (Å²) in [4.78, 5) is 23.9. The highest BCUT2D eigenvalue weighted by Gasteiger charge is 2.19. The molecule has 6 nitrogen and oxygen atoms in total. The van der Waals surface area contributed by atoms with Gasteiger partial charge in [0.1, 0.15) is 6.54 Å². The number of nitriles is 1. The van der Waals surface area contributed by atoms with Crippen LogP contribution >= 0.6 is 0 Å². The van der Waals surface area contributed by atoms with Crippen molar-refractivity contribution in [3.63, 3.8) is 0 Å². The summed E-state index contributed by atoms with van der Waals surface area (Å²) in [5.41, 5.74) is 1.39. The van der Waals surface area contributed by atoms with E-state index in [2.05, 4.69) is 5.32 Å². The topological polar surface area (TPSA) is 93.4 Å². The number of aliphatic carboxylic acids is 1. The molecule has 0 saturated carbocycles. The molecule has 0 bridgehead atoms. The summed E-state index contributed by atoms with van der Waals surface area (Å²) in [6.45, 7) is 3.46. The number of benzene rings is 1. The summed E-state index contributed by atoms with van der Waals surface area (Å²) >= 11 is 0. The van der Waals surface area contributed by atoms with E-state index in [0.29, 0.717) is 5.56 Å². The molecule has 0 fully saturated rings.